The highest BCUT2D eigenvalue weighted by molar-refractivity contribution is 6.04. The van der Waals surface area contributed by atoms with Crippen LogP contribution in [0.2, 0.25) is 0 Å². The molecular weight excluding hydrogens is 274 g/mol. The van der Waals surface area contributed by atoms with E-state index in [0.29, 0.717) is 5.82 Å². The number of esters is 1. The van der Waals surface area contributed by atoms with Crippen molar-refractivity contribution in [1.29, 1.82) is 0 Å². The Morgan fingerprint density at radius 1 is 1.33 bits per heavy atom. The highest BCUT2D eigenvalue weighted by atomic mass is 16.5. The second kappa shape index (κ2) is 6.19. The summed E-state index contributed by atoms with van der Waals surface area (Å²) in [5, 5.41) is 9.23. The Balaban J connectivity index is 2.07. The van der Waals surface area contributed by atoms with Crippen molar-refractivity contribution >= 4 is 11.9 Å². The number of hydrogen-bond donors (Lipinski definition) is 3. The first-order valence-electron chi connectivity index (χ1n) is 6.24. The van der Waals surface area contributed by atoms with Crippen LogP contribution >= 0.6 is 0 Å². The monoisotopic (exact) mass is 289 g/mol. The van der Waals surface area contributed by atoms with Crippen LogP contribution in [0.25, 0.3) is 0 Å². The lowest BCUT2D eigenvalue weighted by Crippen LogP contribution is -2.57. The summed E-state index contributed by atoms with van der Waals surface area (Å²) in [4.78, 5) is 30.0. The minimum atomic E-state index is -2.17. The van der Waals surface area contributed by atoms with E-state index in [9.17, 15) is 14.7 Å². The smallest absolute Gasteiger partial charge is 0.338 e. The Kier molecular flexibility index (Phi) is 4.34. The average Bonchev–Trinajstić information content (AvgIpc) is 2.98. The van der Waals surface area contributed by atoms with Crippen molar-refractivity contribution in [1.82, 2.24) is 9.97 Å². The fourth-order valence-corrected chi connectivity index (χ4v) is 1.75. The number of imidazole rings is 1. The van der Waals surface area contributed by atoms with Crippen LogP contribution in [-0.2, 0) is 27.4 Å². The Morgan fingerprint density at radius 2 is 2.05 bits per heavy atom. The van der Waals surface area contributed by atoms with Crippen LogP contribution in [0.1, 0.15) is 11.4 Å². The van der Waals surface area contributed by atoms with Crippen LogP contribution in [0.3, 0.4) is 0 Å². The summed E-state index contributed by atoms with van der Waals surface area (Å²) in [6, 6.07) is 8.93. The number of carbonyl (C=O) groups excluding carboxylic acids is 1. The van der Waals surface area contributed by atoms with E-state index in [2.05, 4.69) is 9.97 Å². The molecule has 0 aliphatic carbocycles. The third-order valence-corrected chi connectivity index (χ3v) is 2.96. The summed E-state index contributed by atoms with van der Waals surface area (Å²) in [5.74, 6) is -2.16. The van der Waals surface area contributed by atoms with Crippen LogP contribution in [0.15, 0.2) is 42.7 Å². The molecule has 110 valence electrons. The second-order valence-electron chi connectivity index (χ2n) is 4.55. The van der Waals surface area contributed by atoms with Crippen LogP contribution in [0.5, 0.6) is 0 Å². The molecule has 0 bridgehead atoms. The van der Waals surface area contributed by atoms with Gasteiger partial charge < -0.3 is 20.6 Å². The van der Waals surface area contributed by atoms with Gasteiger partial charge in [0, 0.05) is 18.8 Å². The summed E-state index contributed by atoms with van der Waals surface area (Å²) in [7, 11) is 0. The van der Waals surface area contributed by atoms with Crippen molar-refractivity contribution in [2.24, 2.45) is 5.73 Å². The van der Waals surface area contributed by atoms with Crippen molar-refractivity contribution in [3.8, 4) is 0 Å². The molecule has 0 amide bonds. The molecule has 7 nitrogen and oxygen atoms in total. The zero-order valence-electron chi connectivity index (χ0n) is 11.2. The molecule has 1 aromatic carbocycles. The minimum absolute atomic E-state index is 0.0376. The van der Waals surface area contributed by atoms with Gasteiger partial charge in [-0.05, 0) is 5.56 Å². The molecular formula is C14H15N3O4. The van der Waals surface area contributed by atoms with Gasteiger partial charge in [-0.2, -0.15) is 0 Å². The molecule has 1 heterocycles. The summed E-state index contributed by atoms with van der Waals surface area (Å²) < 4.78 is 5.02. The number of aliphatic carboxylic acids is 1. The molecule has 21 heavy (non-hydrogen) atoms. The molecule has 4 N–H and O–H groups in total. The molecule has 0 saturated carbocycles. The molecule has 0 radical (unpaired) electrons. The zero-order valence-corrected chi connectivity index (χ0v) is 11.2. The molecule has 0 spiro atoms. The number of H-pyrrole nitrogens is 1. The van der Waals surface area contributed by atoms with Gasteiger partial charge in [-0.1, -0.05) is 30.3 Å². The first kappa shape index (κ1) is 14.7. The predicted molar refractivity (Wildman–Crippen MR) is 73.1 cm³/mol. The summed E-state index contributed by atoms with van der Waals surface area (Å²) in [6.45, 7) is -0.0376. The number of ether oxygens (including phenoxy) is 1. The van der Waals surface area contributed by atoms with E-state index in [0.717, 1.165) is 5.56 Å². The van der Waals surface area contributed by atoms with Gasteiger partial charge in [-0.15, -0.1) is 0 Å². The number of nitrogens with two attached hydrogens (primary N) is 1. The number of nitrogens with one attached hydrogen (secondary N) is 1. The van der Waals surface area contributed by atoms with E-state index in [1.54, 1.807) is 24.3 Å². The predicted octanol–water partition coefficient (Wildman–Crippen LogP) is 0.478. The normalized spacial score (nSPS) is 13.4. The first-order chi connectivity index (χ1) is 10.0. The molecule has 0 saturated heterocycles. The van der Waals surface area contributed by atoms with Gasteiger partial charge >= 0.3 is 11.9 Å². The zero-order chi connectivity index (χ0) is 15.3. The van der Waals surface area contributed by atoms with Gasteiger partial charge in [0.15, 0.2) is 0 Å². The summed E-state index contributed by atoms with van der Waals surface area (Å²) in [5.41, 5.74) is 4.28. The standard InChI is InChI=1S/C14H15N3O4/c15-14(12(18)19,8-11-16-6-7-17-11)13(20)21-9-10-4-2-1-3-5-10/h1-7H,8-9,15H2,(H,16,17)(H,18,19)/t14-/m0/s1. The lowest BCUT2D eigenvalue weighted by molar-refractivity contribution is -0.162. The lowest BCUT2D eigenvalue weighted by atomic mass is 9.96. The number of carboxylic acids is 1. The Morgan fingerprint density at radius 3 is 2.62 bits per heavy atom. The van der Waals surface area contributed by atoms with Crippen molar-refractivity contribution in [3.05, 3.63) is 54.1 Å². The SMILES string of the molecule is N[C@@](Cc1ncc[nH]1)(C(=O)O)C(=O)OCc1ccccc1. The third kappa shape index (κ3) is 3.46. The molecule has 0 aliphatic heterocycles. The number of benzene rings is 1. The van der Waals surface area contributed by atoms with E-state index < -0.39 is 17.5 Å². The van der Waals surface area contributed by atoms with Gasteiger partial charge in [-0.25, -0.2) is 14.6 Å². The maximum atomic E-state index is 12.0. The number of aromatic amines is 1. The first-order valence-corrected chi connectivity index (χ1v) is 6.24. The lowest BCUT2D eigenvalue weighted by Gasteiger charge is -2.21. The maximum Gasteiger partial charge on any atom is 0.338 e. The average molecular weight is 289 g/mol. The molecule has 0 aliphatic rings. The van der Waals surface area contributed by atoms with Crippen molar-refractivity contribution in [2.45, 2.75) is 18.6 Å². The number of carboxylic acid groups (broad SMARTS) is 1. The molecule has 1 atom stereocenters. The van der Waals surface area contributed by atoms with E-state index in [1.165, 1.54) is 12.4 Å². The van der Waals surface area contributed by atoms with E-state index >= 15 is 0 Å². The Bertz CT molecular complexity index is 612. The molecule has 0 unspecified atom stereocenters. The highest BCUT2D eigenvalue weighted by Gasteiger charge is 2.45. The minimum Gasteiger partial charge on any atom is -0.479 e. The summed E-state index contributed by atoms with van der Waals surface area (Å²) in [6.07, 6.45) is 2.70. The fourth-order valence-electron chi connectivity index (χ4n) is 1.75. The van der Waals surface area contributed by atoms with Gasteiger partial charge in [-0.3, -0.25) is 0 Å². The Labute approximate surface area is 120 Å². The van der Waals surface area contributed by atoms with Crippen molar-refractivity contribution in [2.75, 3.05) is 0 Å². The van der Waals surface area contributed by atoms with E-state index in [1.807, 2.05) is 6.07 Å². The number of aromatic nitrogens is 2. The molecule has 2 rings (SSSR count). The van der Waals surface area contributed by atoms with Crippen LogP contribution in [-0.4, -0.2) is 32.6 Å². The van der Waals surface area contributed by atoms with Gasteiger partial charge in [0.2, 0.25) is 5.54 Å². The quantitative estimate of drug-likeness (QED) is 0.525. The largest absolute Gasteiger partial charge is 0.479 e. The Hall–Kier alpha value is -2.67. The maximum absolute atomic E-state index is 12.0. The second-order valence-corrected chi connectivity index (χ2v) is 4.55. The number of nitrogens with zero attached hydrogens (tertiary/aromatic N) is 1. The number of rotatable bonds is 6. The van der Waals surface area contributed by atoms with Crippen molar-refractivity contribution < 1.29 is 19.4 Å². The molecule has 2 aromatic rings. The third-order valence-electron chi connectivity index (χ3n) is 2.96. The number of hydrogen-bond acceptors (Lipinski definition) is 5. The van der Waals surface area contributed by atoms with Gasteiger partial charge in [0.25, 0.3) is 0 Å². The fraction of sp³-hybridized carbons (Fsp3) is 0.214. The van der Waals surface area contributed by atoms with E-state index in [4.69, 9.17) is 10.5 Å². The topological polar surface area (TPSA) is 118 Å². The van der Waals surface area contributed by atoms with Gasteiger partial charge in [0.05, 0.1) is 0 Å². The highest BCUT2D eigenvalue weighted by Crippen LogP contribution is 2.12. The molecule has 1 aromatic heterocycles. The molecule has 0 fully saturated rings. The summed E-state index contributed by atoms with van der Waals surface area (Å²) >= 11 is 0. The van der Waals surface area contributed by atoms with E-state index in [-0.39, 0.29) is 13.0 Å². The van der Waals surface area contributed by atoms with Crippen LogP contribution < -0.4 is 5.73 Å². The van der Waals surface area contributed by atoms with Crippen LogP contribution in [0.4, 0.5) is 0 Å². The number of carbonyl (C=O) groups is 2. The van der Waals surface area contributed by atoms with Gasteiger partial charge in [0.1, 0.15) is 12.4 Å². The van der Waals surface area contributed by atoms with Crippen LogP contribution in [0, 0.1) is 0 Å². The van der Waals surface area contributed by atoms with Crippen molar-refractivity contribution in [3.63, 3.8) is 0 Å². The molecule has 7 heteroatoms.